The molecule has 0 spiro atoms. The van der Waals surface area contributed by atoms with E-state index in [1.807, 2.05) is 42.5 Å². The quantitative estimate of drug-likeness (QED) is 0.794. The number of fused-ring (bicyclic) bond motifs is 1. The van der Waals surface area contributed by atoms with E-state index in [9.17, 15) is 4.79 Å². The van der Waals surface area contributed by atoms with E-state index in [0.717, 1.165) is 16.5 Å². The third kappa shape index (κ3) is 2.86. The number of carbonyl (C=O) groups is 1. The molecule has 0 bridgehead atoms. The van der Waals surface area contributed by atoms with Crippen molar-refractivity contribution in [3.05, 3.63) is 54.1 Å². The van der Waals surface area contributed by atoms with Gasteiger partial charge in [0.2, 0.25) is 0 Å². The zero-order valence-electron chi connectivity index (χ0n) is 12.7. The molecule has 0 aliphatic heterocycles. The van der Waals surface area contributed by atoms with Crippen molar-refractivity contribution >= 4 is 16.8 Å². The summed E-state index contributed by atoms with van der Waals surface area (Å²) in [6.07, 6.45) is 0. The zero-order chi connectivity index (χ0) is 15.5. The molecule has 4 nitrogen and oxygen atoms in total. The number of hydrogen-bond acceptors (Lipinski definition) is 3. The molecule has 2 aromatic carbocycles. The Hall–Kier alpha value is -2.62. The maximum absolute atomic E-state index is 12.2. The molecule has 1 amide bonds. The second kappa shape index (κ2) is 6.02. The Labute approximate surface area is 129 Å². The molecular formula is C18H18N2O2. The highest BCUT2D eigenvalue weighted by Gasteiger charge is 2.13. The summed E-state index contributed by atoms with van der Waals surface area (Å²) >= 11 is 0. The van der Waals surface area contributed by atoms with Crippen molar-refractivity contribution in [2.45, 2.75) is 13.8 Å². The Morgan fingerprint density at radius 1 is 1.18 bits per heavy atom. The standard InChI is InChI=1S/C18H18N2O2/c1-12(2)11-19-18(21)14-8-9-16-15(10-14)17(22-20-16)13-6-4-3-5-7-13/h3-10,12H,11H2,1-2H3,(H,19,21). The van der Waals surface area contributed by atoms with Gasteiger partial charge in [-0.1, -0.05) is 49.3 Å². The van der Waals surface area contributed by atoms with E-state index < -0.39 is 0 Å². The monoisotopic (exact) mass is 294 g/mol. The van der Waals surface area contributed by atoms with Gasteiger partial charge in [0.15, 0.2) is 5.76 Å². The average Bonchev–Trinajstić information content (AvgIpc) is 2.96. The van der Waals surface area contributed by atoms with E-state index >= 15 is 0 Å². The minimum Gasteiger partial charge on any atom is -0.355 e. The Morgan fingerprint density at radius 3 is 2.68 bits per heavy atom. The van der Waals surface area contributed by atoms with Crippen molar-refractivity contribution in [1.82, 2.24) is 10.5 Å². The highest BCUT2D eigenvalue weighted by atomic mass is 16.5. The topological polar surface area (TPSA) is 55.1 Å². The van der Waals surface area contributed by atoms with Crippen LogP contribution in [0.2, 0.25) is 0 Å². The highest BCUT2D eigenvalue weighted by Crippen LogP contribution is 2.29. The van der Waals surface area contributed by atoms with Crippen LogP contribution >= 0.6 is 0 Å². The molecule has 3 aromatic rings. The third-order valence-electron chi connectivity index (χ3n) is 3.45. The molecule has 0 unspecified atom stereocenters. The molecule has 1 heterocycles. The number of hydrogen-bond donors (Lipinski definition) is 1. The van der Waals surface area contributed by atoms with Gasteiger partial charge in [-0.3, -0.25) is 4.79 Å². The van der Waals surface area contributed by atoms with Crippen LogP contribution in [-0.2, 0) is 0 Å². The van der Waals surface area contributed by atoms with E-state index in [4.69, 9.17) is 4.52 Å². The normalized spacial score (nSPS) is 11.0. The summed E-state index contributed by atoms with van der Waals surface area (Å²) in [5.41, 5.74) is 2.32. The van der Waals surface area contributed by atoms with Gasteiger partial charge in [0, 0.05) is 17.7 Å². The Morgan fingerprint density at radius 2 is 1.95 bits per heavy atom. The lowest BCUT2D eigenvalue weighted by atomic mass is 10.1. The maximum Gasteiger partial charge on any atom is 0.251 e. The number of benzene rings is 2. The van der Waals surface area contributed by atoms with E-state index in [0.29, 0.717) is 23.8 Å². The first-order chi connectivity index (χ1) is 10.6. The van der Waals surface area contributed by atoms with Gasteiger partial charge in [0.1, 0.15) is 5.52 Å². The summed E-state index contributed by atoms with van der Waals surface area (Å²) in [6.45, 7) is 4.79. The van der Waals surface area contributed by atoms with Gasteiger partial charge in [-0.2, -0.15) is 0 Å². The van der Waals surface area contributed by atoms with Crippen LogP contribution < -0.4 is 5.32 Å². The molecule has 4 heteroatoms. The highest BCUT2D eigenvalue weighted by molar-refractivity contribution is 6.00. The fraction of sp³-hybridized carbons (Fsp3) is 0.222. The van der Waals surface area contributed by atoms with Crippen molar-refractivity contribution in [2.24, 2.45) is 5.92 Å². The second-order valence-electron chi connectivity index (χ2n) is 5.71. The van der Waals surface area contributed by atoms with Gasteiger partial charge in [0.05, 0.1) is 5.39 Å². The lowest BCUT2D eigenvalue weighted by Crippen LogP contribution is -2.27. The number of nitrogens with zero attached hydrogens (tertiary/aromatic N) is 1. The molecule has 112 valence electrons. The zero-order valence-corrected chi connectivity index (χ0v) is 12.7. The molecule has 0 radical (unpaired) electrons. The van der Waals surface area contributed by atoms with Crippen LogP contribution in [0.4, 0.5) is 0 Å². The van der Waals surface area contributed by atoms with Gasteiger partial charge in [-0.05, 0) is 24.1 Å². The molecule has 0 saturated heterocycles. The van der Waals surface area contributed by atoms with Crippen LogP contribution in [0.5, 0.6) is 0 Å². The van der Waals surface area contributed by atoms with Gasteiger partial charge in [-0.15, -0.1) is 0 Å². The first kappa shape index (κ1) is 14.3. The smallest absolute Gasteiger partial charge is 0.251 e. The number of amides is 1. The summed E-state index contributed by atoms with van der Waals surface area (Å²) < 4.78 is 5.45. The summed E-state index contributed by atoms with van der Waals surface area (Å²) in [6, 6.07) is 15.2. The van der Waals surface area contributed by atoms with Crippen LogP contribution in [0.15, 0.2) is 53.1 Å². The summed E-state index contributed by atoms with van der Waals surface area (Å²) in [5.74, 6) is 1.04. The van der Waals surface area contributed by atoms with Gasteiger partial charge < -0.3 is 9.84 Å². The fourth-order valence-electron chi connectivity index (χ4n) is 2.28. The number of rotatable bonds is 4. The number of carbonyl (C=O) groups excluding carboxylic acids is 1. The minimum absolute atomic E-state index is 0.0733. The van der Waals surface area contributed by atoms with Crippen LogP contribution in [-0.4, -0.2) is 17.6 Å². The molecule has 0 fully saturated rings. The van der Waals surface area contributed by atoms with E-state index in [2.05, 4.69) is 24.3 Å². The van der Waals surface area contributed by atoms with Crippen LogP contribution in [0.25, 0.3) is 22.2 Å². The van der Waals surface area contributed by atoms with E-state index in [1.165, 1.54) is 0 Å². The molecule has 0 saturated carbocycles. The maximum atomic E-state index is 12.2. The second-order valence-corrected chi connectivity index (χ2v) is 5.71. The first-order valence-corrected chi connectivity index (χ1v) is 7.38. The van der Waals surface area contributed by atoms with Crippen molar-refractivity contribution in [3.8, 4) is 11.3 Å². The first-order valence-electron chi connectivity index (χ1n) is 7.38. The predicted octanol–water partition coefficient (Wildman–Crippen LogP) is 3.88. The van der Waals surface area contributed by atoms with E-state index in [-0.39, 0.29) is 5.91 Å². The molecule has 0 aliphatic rings. The molecule has 1 aromatic heterocycles. The molecule has 3 rings (SSSR count). The minimum atomic E-state index is -0.0733. The summed E-state index contributed by atoms with van der Waals surface area (Å²) in [4.78, 5) is 12.2. The van der Waals surface area contributed by atoms with Gasteiger partial charge in [-0.25, -0.2) is 0 Å². The average molecular weight is 294 g/mol. The lowest BCUT2D eigenvalue weighted by molar-refractivity contribution is 0.0949. The van der Waals surface area contributed by atoms with Crippen molar-refractivity contribution in [3.63, 3.8) is 0 Å². The molecular weight excluding hydrogens is 276 g/mol. The predicted molar refractivity (Wildman–Crippen MR) is 86.6 cm³/mol. The fourth-order valence-corrected chi connectivity index (χ4v) is 2.28. The van der Waals surface area contributed by atoms with Crippen molar-refractivity contribution < 1.29 is 9.32 Å². The third-order valence-corrected chi connectivity index (χ3v) is 3.45. The van der Waals surface area contributed by atoms with Crippen molar-refractivity contribution in [1.29, 1.82) is 0 Å². The van der Waals surface area contributed by atoms with Gasteiger partial charge in [0.25, 0.3) is 5.91 Å². The van der Waals surface area contributed by atoms with Crippen LogP contribution in [0.3, 0.4) is 0 Å². The molecule has 1 N–H and O–H groups in total. The molecule has 0 aliphatic carbocycles. The van der Waals surface area contributed by atoms with Gasteiger partial charge >= 0.3 is 0 Å². The van der Waals surface area contributed by atoms with Crippen LogP contribution in [0.1, 0.15) is 24.2 Å². The van der Waals surface area contributed by atoms with Crippen molar-refractivity contribution in [2.75, 3.05) is 6.54 Å². The summed E-state index contributed by atoms with van der Waals surface area (Å²) in [5, 5.41) is 7.84. The molecule has 22 heavy (non-hydrogen) atoms. The SMILES string of the molecule is CC(C)CNC(=O)c1ccc2noc(-c3ccccc3)c2c1. The van der Waals surface area contributed by atoms with Crippen LogP contribution in [0, 0.1) is 5.92 Å². The largest absolute Gasteiger partial charge is 0.355 e. The number of aromatic nitrogens is 1. The van der Waals surface area contributed by atoms with E-state index in [1.54, 1.807) is 6.07 Å². The molecule has 0 atom stereocenters. The lowest BCUT2D eigenvalue weighted by Gasteiger charge is -2.07. The Bertz CT molecular complexity index is 791. The Kier molecular flexibility index (Phi) is 3.92. The summed E-state index contributed by atoms with van der Waals surface area (Å²) in [7, 11) is 0. The Balaban J connectivity index is 1.97. The number of nitrogens with one attached hydrogen (secondary N) is 1.